The fourth-order valence-corrected chi connectivity index (χ4v) is 4.61. The second kappa shape index (κ2) is 6.04. The quantitative estimate of drug-likeness (QED) is 0.597. The maximum atomic E-state index is 12.7. The fraction of sp³-hybridized carbons (Fsp3) is 0.524. The van der Waals surface area contributed by atoms with E-state index >= 15 is 0 Å². The van der Waals surface area contributed by atoms with Gasteiger partial charge in [0.1, 0.15) is 11.2 Å². The summed E-state index contributed by atoms with van der Waals surface area (Å²) in [6, 6.07) is 2.32. The second-order valence-corrected chi connectivity index (χ2v) is 9.57. The van der Waals surface area contributed by atoms with Gasteiger partial charge in [0, 0.05) is 38.1 Å². The molecule has 30 heavy (non-hydrogen) atoms. The van der Waals surface area contributed by atoms with Crippen LogP contribution in [-0.4, -0.2) is 42.9 Å². The van der Waals surface area contributed by atoms with E-state index in [4.69, 9.17) is 0 Å². The van der Waals surface area contributed by atoms with Crippen LogP contribution >= 0.6 is 0 Å². The molecule has 156 valence electrons. The summed E-state index contributed by atoms with van der Waals surface area (Å²) in [5.74, 6) is 1.06. The fourth-order valence-electron chi connectivity index (χ4n) is 4.61. The van der Waals surface area contributed by atoms with Crippen LogP contribution in [0.1, 0.15) is 38.6 Å². The highest BCUT2D eigenvalue weighted by Crippen LogP contribution is 2.50. The molecule has 9 nitrogen and oxygen atoms in total. The van der Waals surface area contributed by atoms with Crippen LogP contribution in [0, 0.1) is 5.41 Å². The Hall–Kier alpha value is -2.94. The third-order valence-corrected chi connectivity index (χ3v) is 6.92. The summed E-state index contributed by atoms with van der Waals surface area (Å²) in [5, 5.41) is 15.2. The number of pyridine rings is 1. The Morgan fingerprint density at radius 3 is 2.73 bits per heavy atom. The first-order chi connectivity index (χ1) is 14.4. The summed E-state index contributed by atoms with van der Waals surface area (Å²) < 4.78 is 3.61. The molecule has 6 rings (SSSR count). The predicted octanol–water partition coefficient (Wildman–Crippen LogP) is 2.16. The van der Waals surface area contributed by atoms with Crippen molar-refractivity contribution in [2.45, 2.75) is 44.2 Å². The van der Waals surface area contributed by atoms with Crippen molar-refractivity contribution in [1.29, 1.82) is 0 Å². The lowest BCUT2D eigenvalue weighted by molar-refractivity contribution is 0.00238. The van der Waals surface area contributed by atoms with Crippen LogP contribution in [0.5, 0.6) is 0 Å². The highest BCUT2D eigenvalue weighted by molar-refractivity contribution is 5.89. The number of anilines is 3. The predicted molar refractivity (Wildman–Crippen MR) is 115 cm³/mol. The molecule has 0 bridgehead atoms. The molecule has 0 aromatic carbocycles. The van der Waals surface area contributed by atoms with Gasteiger partial charge in [-0.25, -0.2) is 4.98 Å². The van der Waals surface area contributed by atoms with Gasteiger partial charge in [0.05, 0.1) is 23.4 Å². The lowest BCUT2D eigenvalue weighted by Gasteiger charge is -2.54. The molecule has 2 aliphatic carbocycles. The maximum absolute atomic E-state index is 12.7. The van der Waals surface area contributed by atoms with Gasteiger partial charge in [0.25, 0.3) is 5.56 Å². The van der Waals surface area contributed by atoms with Crippen molar-refractivity contribution >= 4 is 28.4 Å². The van der Waals surface area contributed by atoms with Crippen LogP contribution < -0.4 is 21.5 Å². The number of aryl methyl sites for hydroxylation is 1. The molecular formula is C21H26N8O. The van der Waals surface area contributed by atoms with Crippen molar-refractivity contribution in [3.8, 4) is 0 Å². The molecule has 1 aliphatic heterocycles. The van der Waals surface area contributed by atoms with E-state index in [2.05, 4.69) is 37.9 Å². The first-order valence-electron chi connectivity index (χ1n) is 10.6. The van der Waals surface area contributed by atoms with E-state index in [-0.39, 0.29) is 11.1 Å². The molecule has 3 aromatic heterocycles. The molecule has 0 radical (unpaired) electrons. The zero-order chi connectivity index (χ0) is 20.5. The zero-order valence-electron chi connectivity index (χ0n) is 17.3. The van der Waals surface area contributed by atoms with Crippen molar-refractivity contribution in [2.24, 2.45) is 12.5 Å². The van der Waals surface area contributed by atoms with E-state index < -0.39 is 0 Å². The average molecular weight is 406 g/mol. The number of rotatable bonds is 5. The number of aromatic nitrogens is 5. The zero-order valence-corrected chi connectivity index (χ0v) is 17.3. The van der Waals surface area contributed by atoms with E-state index in [1.54, 1.807) is 17.8 Å². The SMILES string of the molecule is Cn1ccc2nc(Nc3cnn(C4CC5(CNC5)C4)c3)nc(NC3(C)CC3)c2c1=O. The van der Waals surface area contributed by atoms with E-state index in [9.17, 15) is 4.79 Å². The van der Waals surface area contributed by atoms with E-state index in [0.29, 0.717) is 34.1 Å². The first-order valence-corrected chi connectivity index (χ1v) is 10.6. The highest BCUT2D eigenvalue weighted by atomic mass is 16.1. The van der Waals surface area contributed by atoms with Crippen LogP contribution in [-0.2, 0) is 7.05 Å². The molecule has 1 spiro atoms. The van der Waals surface area contributed by atoms with E-state index in [1.807, 2.05) is 23.1 Å². The molecule has 3 N–H and O–H groups in total. The molecule has 3 aliphatic rings. The Bertz CT molecular complexity index is 1200. The monoisotopic (exact) mass is 406 g/mol. The minimum atomic E-state index is -0.0944. The van der Waals surface area contributed by atoms with Crippen molar-refractivity contribution in [1.82, 2.24) is 29.6 Å². The van der Waals surface area contributed by atoms with Crippen molar-refractivity contribution < 1.29 is 0 Å². The van der Waals surface area contributed by atoms with Crippen molar-refractivity contribution in [3.63, 3.8) is 0 Å². The van der Waals surface area contributed by atoms with Crippen LogP contribution in [0.3, 0.4) is 0 Å². The lowest BCUT2D eigenvalue weighted by atomic mass is 9.62. The third-order valence-electron chi connectivity index (χ3n) is 6.92. The second-order valence-electron chi connectivity index (χ2n) is 9.57. The molecule has 0 atom stereocenters. The summed E-state index contributed by atoms with van der Waals surface area (Å²) in [6.45, 7) is 4.42. The van der Waals surface area contributed by atoms with E-state index in [1.165, 1.54) is 12.8 Å². The third kappa shape index (κ3) is 2.87. The van der Waals surface area contributed by atoms with Gasteiger partial charge < -0.3 is 20.5 Å². The normalized spacial score (nSPS) is 21.3. The van der Waals surface area contributed by atoms with Crippen LogP contribution in [0.2, 0.25) is 0 Å². The molecule has 4 heterocycles. The average Bonchev–Trinajstić information content (AvgIpc) is 3.18. The van der Waals surface area contributed by atoms with Crippen LogP contribution in [0.4, 0.5) is 17.5 Å². The lowest BCUT2D eigenvalue weighted by Crippen LogP contribution is -2.60. The number of hydrogen-bond acceptors (Lipinski definition) is 7. The molecule has 0 amide bonds. The van der Waals surface area contributed by atoms with Crippen LogP contribution in [0.25, 0.3) is 10.9 Å². The topological polar surface area (TPSA) is 102 Å². The standard InChI is InChI=1S/C21H26N8O/c1-20(4-5-20)27-17-16-15(3-6-28(2)18(16)30)25-19(26-17)24-13-9-23-29(10-13)14-7-21(8-14)11-22-12-21/h3,6,9-10,14,22H,4-5,7-8,11-12H2,1-2H3,(H2,24,25,26,27). The van der Waals surface area contributed by atoms with Crippen molar-refractivity contribution in [2.75, 3.05) is 23.7 Å². The van der Waals surface area contributed by atoms with Gasteiger partial charge in [0.15, 0.2) is 0 Å². The Morgan fingerprint density at radius 2 is 2.03 bits per heavy atom. The van der Waals surface area contributed by atoms with E-state index in [0.717, 1.165) is 31.6 Å². The van der Waals surface area contributed by atoms with Gasteiger partial charge in [-0.15, -0.1) is 0 Å². The molecule has 2 saturated carbocycles. The smallest absolute Gasteiger partial charge is 0.263 e. The highest BCUT2D eigenvalue weighted by Gasteiger charge is 2.49. The summed E-state index contributed by atoms with van der Waals surface area (Å²) in [4.78, 5) is 22.0. The minimum Gasteiger partial charge on any atom is -0.364 e. The number of nitrogens with zero attached hydrogens (tertiary/aromatic N) is 5. The Kier molecular flexibility index (Phi) is 3.60. The van der Waals surface area contributed by atoms with Gasteiger partial charge in [0.2, 0.25) is 5.95 Å². The minimum absolute atomic E-state index is 0.000846. The molecule has 3 aromatic rings. The van der Waals surface area contributed by atoms with Gasteiger partial charge in [-0.1, -0.05) is 0 Å². The maximum Gasteiger partial charge on any atom is 0.263 e. The van der Waals surface area contributed by atoms with Gasteiger partial charge in [-0.05, 0) is 44.1 Å². The van der Waals surface area contributed by atoms with Crippen LogP contribution in [0.15, 0.2) is 29.5 Å². The van der Waals surface area contributed by atoms with Crippen molar-refractivity contribution in [3.05, 3.63) is 35.0 Å². The molecule has 0 unspecified atom stereocenters. The Labute approximate surface area is 173 Å². The molecule has 9 heteroatoms. The molecule has 1 saturated heterocycles. The van der Waals surface area contributed by atoms with Gasteiger partial charge in [-0.3, -0.25) is 9.48 Å². The Balaban J connectivity index is 1.29. The number of fused-ring (bicyclic) bond motifs is 1. The first kappa shape index (κ1) is 17.9. The summed E-state index contributed by atoms with van der Waals surface area (Å²) in [5.41, 5.74) is 1.91. The summed E-state index contributed by atoms with van der Waals surface area (Å²) >= 11 is 0. The molecule has 3 fully saturated rings. The van der Waals surface area contributed by atoms with Gasteiger partial charge >= 0.3 is 0 Å². The van der Waals surface area contributed by atoms with Gasteiger partial charge in [-0.2, -0.15) is 10.1 Å². The largest absolute Gasteiger partial charge is 0.364 e. The Morgan fingerprint density at radius 1 is 1.23 bits per heavy atom. The molecular weight excluding hydrogens is 380 g/mol. The number of nitrogens with one attached hydrogen (secondary N) is 3. The number of hydrogen-bond donors (Lipinski definition) is 3. The summed E-state index contributed by atoms with van der Waals surface area (Å²) in [7, 11) is 1.75. The summed E-state index contributed by atoms with van der Waals surface area (Å²) in [6.07, 6.45) is 10.1.